The predicted octanol–water partition coefficient (Wildman–Crippen LogP) is 2.99. The Morgan fingerprint density at radius 1 is 1.44 bits per heavy atom. The molecule has 1 heterocycles. The third-order valence-corrected chi connectivity index (χ3v) is 5.11. The third kappa shape index (κ3) is 4.09. The Hall–Kier alpha value is -1.75. The first kappa shape index (κ1) is 19.6. The number of thioether (sulfide) groups is 1. The molecule has 0 spiro atoms. The summed E-state index contributed by atoms with van der Waals surface area (Å²) in [5.41, 5.74) is 0.599. The van der Waals surface area contributed by atoms with Gasteiger partial charge in [0.2, 0.25) is 0 Å². The Morgan fingerprint density at radius 2 is 2.12 bits per heavy atom. The number of amides is 2. The molecule has 1 fully saturated rings. The highest BCUT2D eigenvalue weighted by molar-refractivity contribution is 14.1. The van der Waals surface area contributed by atoms with E-state index in [9.17, 15) is 19.5 Å². The minimum absolute atomic E-state index is 0.0204. The lowest BCUT2D eigenvalue weighted by molar-refractivity contribution is -0.148. The van der Waals surface area contributed by atoms with Gasteiger partial charge in [0.15, 0.2) is 11.5 Å². The monoisotopic (exact) mass is 477 g/mol. The average Bonchev–Trinajstić information content (AvgIpc) is 2.84. The number of methoxy groups -OCH3 is 1. The van der Waals surface area contributed by atoms with Crippen LogP contribution < -0.4 is 4.74 Å². The molecule has 0 bridgehead atoms. The van der Waals surface area contributed by atoms with E-state index in [1.165, 1.54) is 20.1 Å². The minimum Gasteiger partial charge on any atom is -0.504 e. The molecule has 0 saturated carbocycles. The van der Waals surface area contributed by atoms with Gasteiger partial charge in [-0.3, -0.25) is 14.5 Å². The fraction of sp³-hybridized carbons (Fsp3) is 0.312. The van der Waals surface area contributed by atoms with E-state index < -0.39 is 23.2 Å². The molecule has 9 heteroatoms. The molecular weight excluding hydrogens is 461 g/mol. The van der Waals surface area contributed by atoms with E-state index in [0.717, 1.165) is 16.7 Å². The summed E-state index contributed by atoms with van der Waals surface area (Å²) in [7, 11) is 1.20. The summed E-state index contributed by atoms with van der Waals surface area (Å²) in [6.07, 6.45) is 1.53. The first-order valence-electron chi connectivity index (χ1n) is 7.30. The van der Waals surface area contributed by atoms with Gasteiger partial charge in [0.05, 0.1) is 22.2 Å². The molecule has 25 heavy (non-hydrogen) atoms. The summed E-state index contributed by atoms with van der Waals surface area (Å²) in [4.78, 5) is 37.2. The summed E-state index contributed by atoms with van der Waals surface area (Å²) in [5.74, 6) is -0.912. The molecule has 0 unspecified atom stereocenters. The largest absolute Gasteiger partial charge is 0.504 e. The first-order chi connectivity index (χ1) is 11.8. The predicted molar refractivity (Wildman–Crippen MR) is 101 cm³/mol. The third-order valence-electron chi connectivity index (χ3n) is 3.40. The number of carbonyl (C=O) groups excluding carboxylic acids is 3. The Labute approximate surface area is 162 Å². The lowest BCUT2D eigenvalue weighted by atomic mass is 10.1. The molecule has 1 aliphatic heterocycles. The van der Waals surface area contributed by atoms with Crippen molar-refractivity contribution in [2.45, 2.75) is 19.9 Å². The van der Waals surface area contributed by atoms with Gasteiger partial charge in [0, 0.05) is 0 Å². The molecule has 1 aliphatic rings. The van der Waals surface area contributed by atoms with Crippen LogP contribution in [0.2, 0.25) is 0 Å². The molecule has 134 valence electrons. The number of hydrogen-bond donors (Lipinski definition) is 1. The van der Waals surface area contributed by atoms with Crippen molar-refractivity contribution in [1.29, 1.82) is 0 Å². The van der Waals surface area contributed by atoms with E-state index >= 15 is 0 Å². The fourth-order valence-electron chi connectivity index (χ4n) is 2.18. The van der Waals surface area contributed by atoms with Gasteiger partial charge in [-0.1, -0.05) is 0 Å². The molecular formula is C16H16INO6S. The van der Waals surface area contributed by atoms with Crippen molar-refractivity contribution in [3.63, 3.8) is 0 Å². The number of phenolic OH excluding ortho intramolecular Hbond substituents is 1. The summed E-state index contributed by atoms with van der Waals surface area (Å²) < 4.78 is 10.5. The first-order valence-corrected chi connectivity index (χ1v) is 9.19. The molecule has 0 aliphatic carbocycles. The number of carbonyl (C=O) groups is 3. The van der Waals surface area contributed by atoms with E-state index in [1.54, 1.807) is 19.1 Å². The normalized spacial score (nSPS) is 17.1. The van der Waals surface area contributed by atoms with Crippen LogP contribution in [0.15, 0.2) is 17.0 Å². The van der Waals surface area contributed by atoms with Crippen molar-refractivity contribution < 1.29 is 29.0 Å². The van der Waals surface area contributed by atoms with Gasteiger partial charge >= 0.3 is 5.97 Å². The number of ether oxygens (including phenoxy) is 2. The zero-order valence-corrected chi connectivity index (χ0v) is 16.7. The van der Waals surface area contributed by atoms with Crippen molar-refractivity contribution in [2.24, 2.45) is 0 Å². The van der Waals surface area contributed by atoms with E-state index in [2.05, 4.69) is 4.74 Å². The lowest BCUT2D eigenvalue weighted by Crippen LogP contribution is -2.42. The lowest BCUT2D eigenvalue weighted by Gasteiger charge is -2.18. The minimum atomic E-state index is -0.998. The van der Waals surface area contributed by atoms with Gasteiger partial charge in [-0.25, -0.2) is 4.79 Å². The average molecular weight is 477 g/mol. The van der Waals surface area contributed by atoms with Gasteiger partial charge in [0.1, 0.15) is 6.04 Å². The van der Waals surface area contributed by atoms with Crippen LogP contribution in [0.3, 0.4) is 0 Å². The number of benzene rings is 1. The highest BCUT2D eigenvalue weighted by Gasteiger charge is 2.41. The number of halogens is 1. The molecule has 1 aromatic rings. The van der Waals surface area contributed by atoms with Crippen LogP contribution in [0.5, 0.6) is 11.5 Å². The molecule has 2 amide bonds. The molecule has 1 aromatic carbocycles. The summed E-state index contributed by atoms with van der Waals surface area (Å²) in [6, 6.07) is 2.25. The summed E-state index contributed by atoms with van der Waals surface area (Å²) in [5, 5.41) is 9.44. The highest BCUT2D eigenvalue weighted by Crippen LogP contribution is 2.37. The second kappa shape index (κ2) is 8.09. The fourth-order valence-corrected chi connectivity index (χ4v) is 3.72. The van der Waals surface area contributed by atoms with Crippen molar-refractivity contribution >= 4 is 57.5 Å². The Morgan fingerprint density at radius 3 is 2.72 bits per heavy atom. The standard InChI is InChI=1S/C16H16INO6S/c1-4-24-11-6-9(5-10(17)13(11)19)7-12-14(20)18(16(22)25-12)8(2)15(21)23-3/h5-8,19H,4H2,1-3H3/b12-7+/t8-/m1/s1. The van der Waals surface area contributed by atoms with E-state index in [-0.39, 0.29) is 10.7 Å². The molecule has 2 rings (SSSR count). The molecule has 1 atom stereocenters. The Bertz CT molecular complexity index is 763. The smallest absolute Gasteiger partial charge is 0.328 e. The second-order valence-corrected chi connectivity index (χ2v) is 7.19. The van der Waals surface area contributed by atoms with Gasteiger partial charge in [0.25, 0.3) is 11.1 Å². The number of phenols is 1. The van der Waals surface area contributed by atoms with Crippen molar-refractivity contribution in [1.82, 2.24) is 4.90 Å². The van der Waals surface area contributed by atoms with Crippen molar-refractivity contribution in [2.75, 3.05) is 13.7 Å². The van der Waals surface area contributed by atoms with Gasteiger partial charge in [-0.05, 0) is 72.0 Å². The second-order valence-electron chi connectivity index (χ2n) is 5.03. The van der Waals surface area contributed by atoms with Crippen LogP contribution in [0.1, 0.15) is 19.4 Å². The van der Waals surface area contributed by atoms with Gasteiger partial charge < -0.3 is 14.6 Å². The topological polar surface area (TPSA) is 93.1 Å². The van der Waals surface area contributed by atoms with Gasteiger partial charge in [-0.2, -0.15) is 0 Å². The quantitative estimate of drug-likeness (QED) is 0.396. The maximum Gasteiger partial charge on any atom is 0.328 e. The Kier molecular flexibility index (Phi) is 6.33. The van der Waals surface area contributed by atoms with Crippen LogP contribution in [-0.2, 0) is 14.3 Å². The van der Waals surface area contributed by atoms with E-state index in [1.807, 2.05) is 22.6 Å². The summed E-state index contributed by atoms with van der Waals surface area (Å²) in [6.45, 7) is 3.60. The zero-order chi connectivity index (χ0) is 18.7. The molecule has 7 nitrogen and oxygen atoms in total. The summed E-state index contributed by atoms with van der Waals surface area (Å²) >= 11 is 2.70. The van der Waals surface area contributed by atoms with Crippen LogP contribution in [-0.4, -0.2) is 46.9 Å². The molecule has 1 N–H and O–H groups in total. The molecule has 0 radical (unpaired) electrons. The molecule has 1 saturated heterocycles. The number of nitrogens with zero attached hydrogens (tertiary/aromatic N) is 1. The van der Waals surface area contributed by atoms with Crippen LogP contribution >= 0.6 is 34.4 Å². The van der Waals surface area contributed by atoms with Crippen LogP contribution in [0.25, 0.3) is 6.08 Å². The Balaban J connectivity index is 2.35. The zero-order valence-electron chi connectivity index (χ0n) is 13.7. The number of aromatic hydroxyl groups is 1. The number of esters is 1. The van der Waals surface area contributed by atoms with E-state index in [0.29, 0.717) is 21.5 Å². The highest BCUT2D eigenvalue weighted by atomic mass is 127. The maximum atomic E-state index is 12.5. The van der Waals surface area contributed by atoms with Crippen LogP contribution in [0.4, 0.5) is 4.79 Å². The number of rotatable bonds is 5. The number of hydrogen-bond acceptors (Lipinski definition) is 7. The van der Waals surface area contributed by atoms with Crippen LogP contribution in [0, 0.1) is 3.57 Å². The van der Waals surface area contributed by atoms with Crippen molar-refractivity contribution in [3.05, 3.63) is 26.2 Å². The SMILES string of the molecule is CCOc1cc(/C=C2/SC(=O)N([C@H](C)C(=O)OC)C2=O)cc(I)c1O. The molecule has 0 aromatic heterocycles. The maximum absolute atomic E-state index is 12.5. The van der Waals surface area contributed by atoms with E-state index in [4.69, 9.17) is 4.74 Å². The van der Waals surface area contributed by atoms with Gasteiger partial charge in [-0.15, -0.1) is 0 Å². The number of imide groups is 1. The van der Waals surface area contributed by atoms with Crippen molar-refractivity contribution in [3.8, 4) is 11.5 Å².